The lowest BCUT2D eigenvalue weighted by Gasteiger charge is -2.16. The molecule has 1 aliphatic rings. The van der Waals surface area contributed by atoms with Crippen molar-refractivity contribution in [3.8, 4) is 11.5 Å². The number of methoxy groups -OCH3 is 2. The fourth-order valence-electron chi connectivity index (χ4n) is 2.11. The highest BCUT2D eigenvalue weighted by molar-refractivity contribution is 5.43. The number of hydrogen-bond acceptors (Lipinski definition) is 5. The average molecular weight is 281 g/mol. The molecule has 5 heteroatoms. The van der Waals surface area contributed by atoms with Gasteiger partial charge in [0.1, 0.15) is 6.10 Å². The molecule has 1 saturated heterocycles. The van der Waals surface area contributed by atoms with Crippen LogP contribution >= 0.6 is 0 Å². The van der Waals surface area contributed by atoms with E-state index in [0.717, 1.165) is 43.2 Å². The summed E-state index contributed by atoms with van der Waals surface area (Å²) in [7, 11) is 3.36. The van der Waals surface area contributed by atoms with Gasteiger partial charge < -0.3 is 24.3 Å². The van der Waals surface area contributed by atoms with Crippen LogP contribution in [0.2, 0.25) is 0 Å². The molecule has 1 aromatic carbocycles. The highest BCUT2D eigenvalue weighted by Crippen LogP contribution is 2.30. The van der Waals surface area contributed by atoms with Gasteiger partial charge in [0.05, 0.1) is 26.9 Å². The van der Waals surface area contributed by atoms with Crippen LogP contribution in [0.25, 0.3) is 0 Å². The van der Waals surface area contributed by atoms with E-state index in [1.807, 2.05) is 18.2 Å². The molecular weight excluding hydrogens is 258 g/mol. The third-order valence-electron chi connectivity index (χ3n) is 3.22. The summed E-state index contributed by atoms with van der Waals surface area (Å²) < 4.78 is 21.6. The molecule has 2 rings (SSSR count). The lowest BCUT2D eigenvalue weighted by atomic mass is 10.2. The molecule has 1 aliphatic heterocycles. The maximum Gasteiger partial charge on any atom is 0.161 e. The Labute approximate surface area is 120 Å². The van der Waals surface area contributed by atoms with E-state index < -0.39 is 0 Å². The first-order valence-corrected chi connectivity index (χ1v) is 6.94. The number of nitrogens with one attached hydrogen (secondary N) is 1. The molecule has 1 N–H and O–H groups in total. The van der Waals surface area contributed by atoms with Crippen LogP contribution in [0.5, 0.6) is 11.5 Å². The maximum atomic E-state index is 5.90. The summed E-state index contributed by atoms with van der Waals surface area (Å²) in [6.07, 6.45) is 1.07. The van der Waals surface area contributed by atoms with E-state index in [-0.39, 0.29) is 6.10 Å². The van der Waals surface area contributed by atoms with Crippen LogP contribution in [-0.4, -0.2) is 46.7 Å². The second-order valence-electron chi connectivity index (χ2n) is 4.76. The van der Waals surface area contributed by atoms with Gasteiger partial charge in [-0.05, 0) is 17.7 Å². The molecule has 1 heterocycles. The minimum absolute atomic E-state index is 0.134. The Morgan fingerprint density at radius 1 is 1.30 bits per heavy atom. The van der Waals surface area contributed by atoms with Gasteiger partial charge in [0.2, 0.25) is 0 Å². The highest BCUT2D eigenvalue weighted by atomic mass is 16.6. The second-order valence-corrected chi connectivity index (χ2v) is 4.76. The second kappa shape index (κ2) is 8.09. The molecule has 0 saturated carbocycles. The van der Waals surface area contributed by atoms with Crippen LogP contribution in [-0.2, 0) is 16.0 Å². The summed E-state index contributed by atoms with van der Waals surface area (Å²) in [4.78, 5) is 0. The zero-order valence-electron chi connectivity index (χ0n) is 12.2. The van der Waals surface area contributed by atoms with Crippen LogP contribution in [0.1, 0.15) is 12.0 Å². The Morgan fingerprint density at radius 3 is 2.90 bits per heavy atom. The van der Waals surface area contributed by atoms with Gasteiger partial charge in [-0.3, -0.25) is 0 Å². The van der Waals surface area contributed by atoms with Gasteiger partial charge in [0.15, 0.2) is 11.5 Å². The summed E-state index contributed by atoms with van der Waals surface area (Å²) in [5.74, 6) is 1.55. The van der Waals surface area contributed by atoms with Crippen molar-refractivity contribution >= 4 is 0 Å². The van der Waals surface area contributed by atoms with Gasteiger partial charge in [0, 0.05) is 26.6 Å². The van der Waals surface area contributed by atoms with Gasteiger partial charge in [-0.1, -0.05) is 6.07 Å². The highest BCUT2D eigenvalue weighted by Gasteiger charge is 2.19. The Balaban J connectivity index is 1.92. The molecular formula is C15H23NO4. The summed E-state index contributed by atoms with van der Waals surface area (Å²) in [6, 6.07) is 6.02. The van der Waals surface area contributed by atoms with E-state index in [1.54, 1.807) is 14.2 Å². The van der Waals surface area contributed by atoms with E-state index in [1.165, 1.54) is 0 Å². The number of benzene rings is 1. The van der Waals surface area contributed by atoms with E-state index in [2.05, 4.69) is 5.32 Å². The fraction of sp³-hybridized carbons (Fsp3) is 0.600. The van der Waals surface area contributed by atoms with Crippen LogP contribution in [0.15, 0.2) is 18.2 Å². The molecule has 0 bridgehead atoms. The van der Waals surface area contributed by atoms with Crippen molar-refractivity contribution in [3.63, 3.8) is 0 Å². The van der Waals surface area contributed by atoms with Crippen molar-refractivity contribution in [2.75, 3.05) is 40.6 Å². The summed E-state index contributed by atoms with van der Waals surface area (Å²) >= 11 is 0. The molecule has 1 aromatic rings. The van der Waals surface area contributed by atoms with E-state index in [9.17, 15) is 0 Å². The lowest BCUT2D eigenvalue weighted by Crippen LogP contribution is -2.19. The number of hydrogen-bond donors (Lipinski definition) is 1. The van der Waals surface area contributed by atoms with Gasteiger partial charge in [-0.25, -0.2) is 0 Å². The molecule has 0 aromatic heterocycles. The van der Waals surface area contributed by atoms with Gasteiger partial charge in [0.25, 0.3) is 0 Å². The van der Waals surface area contributed by atoms with E-state index in [0.29, 0.717) is 13.2 Å². The Kier molecular flexibility index (Phi) is 6.11. The zero-order chi connectivity index (χ0) is 14.2. The predicted molar refractivity (Wildman–Crippen MR) is 76.4 cm³/mol. The molecule has 20 heavy (non-hydrogen) atoms. The average Bonchev–Trinajstić information content (AvgIpc) is 2.98. The molecule has 0 amide bonds. The minimum Gasteiger partial charge on any atom is -0.493 e. The van der Waals surface area contributed by atoms with Crippen LogP contribution < -0.4 is 14.8 Å². The molecule has 112 valence electrons. The van der Waals surface area contributed by atoms with Crippen LogP contribution in [0.3, 0.4) is 0 Å². The molecule has 0 spiro atoms. The third-order valence-corrected chi connectivity index (χ3v) is 3.22. The number of rotatable bonds is 8. The molecule has 0 aliphatic carbocycles. The van der Waals surface area contributed by atoms with Crippen LogP contribution in [0.4, 0.5) is 0 Å². The summed E-state index contributed by atoms with van der Waals surface area (Å²) in [5.41, 5.74) is 1.16. The fourth-order valence-corrected chi connectivity index (χ4v) is 2.11. The van der Waals surface area contributed by atoms with Gasteiger partial charge in [-0.2, -0.15) is 0 Å². The first kappa shape index (κ1) is 15.1. The first-order chi connectivity index (χ1) is 9.83. The van der Waals surface area contributed by atoms with E-state index in [4.69, 9.17) is 18.9 Å². The topological polar surface area (TPSA) is 49.0 Å². The quantitative estimate of drug-likeness (QED) is 0.733. The number of ether oxygens (including phenoxy) is 4. The SMILES string of the molecule is COCCNCc1ccc(OC2CCOC2)c(OC)c1. The standard InChI is InChI=1S/C15H23NO4/c1-17-8-6-16-10-12-3-4-14(15(9-12)18-2)20-13-5-7-19-11-13/h3-4,9,13,16H,5-8,10-11H2,1-2H3. The Morgan fingerprint density at radius 2 is 2.20 bits per heavy atom. The van der Waals surface area contributed by atoms with Crippen LogP contribution in [0, 0.1) is 0 Å². The smallest absolute Gasteiger partial charge is 0.161 e. The Hall–Kier alpha value is -1.30. The Bertz CT molecular complexity index is 405. The monoisotopic (exact) mass is 281 g/mol. The molecule has 1 fully saturated rings. The zero-order valence-corrected chi connectivity index (χ0v) is 12.2. The minimum atomic E-state index is 0.134. The maximum absolute atomic E-state index is 5.90. The van der Waals surface area contributed by atoms with Crippen molar-refractivity contribution in [1.29, 1.82) is 0 Å². The first-order valence-electron chi connectivity index (χ1n) is 6.94. The van der Waals surface area contributed by atoms with Crippen molar-refractivity contribution < 1.29 is 18.9 Å². The predicted octanol–water partition coefficient (Wildman–Crippen LogP) is 1.60. The van der Waals surface area contributed by atoms with Crippen molar-refractivity contribution in [2.24, 2.45) is 0 Å². The lowest BCUT2D eigenvalue weighted by molar-refractivity contribution is 0.138. The summed E-state index contributed by atoms with van der Waals surface area (Å²) in [5, 5.41) is 3.31. The van der Waals surface area contributed by atoms with Crippen molar-refractivity contribution in [1.82, 2.24) is 5.32 Å². The van der Waals surface area contributed by atoms with Gasteiger partial charge >= 0.3 is 0 Å². The van der Waals surface area contributed by atoms with Gasteiger partial charge in [-0.15, -0.1) is 0 Å². The molecule has 0 radical (unpaired) electrons. The van der Waals surface area contributed by atoms with E-state index >= 15 is 0 Å². The van der Waals surface area contributed by atoms with Crippen molar-refractivity contribution in [3.05, 3.63) is 23.8 Å². The van der Waals surface area contributed by atoms with Crippen molar-refractivity contribution in [2.45, 2.75) is 19.1 Å². The molecule has 1 atom stereocenters. The molecule has 5 nitrogen and oxygen atoms in total. The normalized spacial score (nSPS) is 18.2. The summed E-state index contributed by atoms with van der Waals surface area (Å²) in [6.45, 7) is 3.75. The largest absolute Gasteiger partial charge is 0.493 e. The third kappa shape index (κ3) is 4.37. The molecule has 1 unspecified atom stereocenters.